The Hall–Kier alpha value is -1.91. The van der Waals surface area contributed by atoms with Crippen molar-refractivity contribution in [2.45, 2.75) is 75.7 Å². The first-order valence-corrected chi connectivity index (χ1v) is 13.2. The summed E-state index contributed by atoms with van der Waals surface area (Å²) in [6.07, 6.45) is 16.8. The summed E-state index contributed by atoms with van der Waals surface area (Å²) in [5.41, 5.74) is 7.63. The highest BCUT2D eigenvalue weighted by molar-refractivity contribution is 6.20. The van der Waals surface area contributed by atoms with E-state index in [4.69, 9.17) is 11.6 Å². The van der Waals surface area contributed by atoms with Gasteiger partial charge in [-0.25, -0.2) is 0 Å². The van der Waals surface area contributed by atoms with Crippen LogP contribution in [0.1, 0.15) is 69.5 Å². The Labute approximate surface area is 202 Å². The second-order valence-corrected chi connectivity index (χ2v) is 10.5. The lowest BCUT2D eigenvalue weighted by Gasteiger charge is -2.39. The van der Waals surface area contributed by atoms with Gasteiger partial charge in [-0.2, -0.15) is 0 Å². The summed E-state index contributed by atoms with van der Waals surface area (Å²) >= 11 is 6.61. The summed E-state index contributed by atoms with van der Waals surface area (Å²) in [4.78, 5) is 0. The number of hydrogen-bond donors (Lipinski definition) is 3. The third-order valence-electron chi connectivity index (χ3n) is 8.12. The highest BCUT2D eigenvalue weighted by atomic mass is 35.5. The Morgan fingerprint density at radius 2 is 1.45 bits per heavy atom. The largest absolute Gasteiger partial charge is 0.279 e. The first kappa shape index (κ1) is 21.6. The molecule has 1 heterocycles. The number of alkyl halides is 1. The fourth-order valence-corrected chi connectivity index (χ4v) is 6.65. The summed E-state index contributed by atoms with van der Waals surface area (Å²) in [6.45, 7) is 0. The summed E-state index contributed by atoms with van der Waals surface area (Å²) in [5.74, 6) is 0.715. The summed E-state index contributed by atoms with van der Waals surface area (Å²) in [5, 5.41) is 13.2. The Balaban J connectivity index is 1.21. The van der Waals surface area contributed by atoms with Gasteiger partial charge in [0.05, 0.1) is 12.3 Å². The van der Waals surface area contributed by atoms with Crippen molar-refractivity contribution in [3.05, 3.63) is 82.5 Å². The fourth-order valence-electron chi connectivity index (χ4n) is 6.40. The van der Waals surface area contributed by atoms with Crippen LogP contribution in [-0.2, 0) is 0 Å². The Kier molecular flexibility index (Phi) is 6.15. The molecule has 2 aromatic rings. The smallest absolute Gasteiger partial charge is 0.138 e. The van der Waals surface area contributed by atoms with Crippen LogP contribution >= 0.6 is 11.6 Å². The third-order valence-corrected chi connectivity index (χ3v) is 8.37. The molecular weight excluding hydrogens is 426 g/mol. The van der Waals surface area contributed by atoms with Crippen molar-refractivity contribution in [3.63, 3.8) is 0 Å². The van der Waals surface area contributed by atoms with Crippen LogP contribution in [0.5, 0.6) is 0 Å². The molecule has 0 spiro atoms. The van der Waals surface area contributed by atoms with Crippen LogP contribution in [0, 0.1) is 5.92 Å². The Morgan fingerprint density at radius 1 is 0.697 bits per heavy atom. The van der Waals surface area contributed by atoms with Crippen molar-refractivity contribution in [3.8, 4) is 0 Å². The third kappa shape index (κ3) is 4.44. The molecule has 0 aromatic heterocycles. The van der Waals surface area contributed by atoms with Crippen molar-refractivity contribution < 1.29 is 0 Å². The van der Waals surface area contributed by atoms with E-state index < -0.39 is 0 Å². The second-order valence-electron chi connectivity index (χ2n) is 10.1. The molecule has 0 amide bonds. The van der Waals surface area contributed by atoms with Gasteiger partial charge in [-0.1, -0.05) is 76.9 Å². The van der Waals surface area contributed by atoms with Gasteiger partial charge in [0.15, 0.2) is 0 Å². The molecule has 6 rings (SSSR count). The average molecular weight is 460 g/mol. The Bertz CT molecular complexity index is 1130. The van der Waals surface area contributed by atoms with E-state index in [9.17, 15) is 0 Å². The molecule has 4 heteroatoms. The molecule has 1 aliphatic heterocycles. The van der Waals surface area contributed by atoms with Crippen molar-refractivity contribution in [2.24, 2.45) is 5.92 Å². The summed E-state index contributed by atoms with van der Waals surface area (Å²) in [7, 11) is 0. The molecule has 4 unspecified atom stereocenters. The molecule has 4 aliphatic rings. The maximum absolute atomic E-state index is 6.61. The van der Waals surface area contributed by atoms with E-state index in [1.807, 2.05) is 5.57 Å². The van der Waals surface area contributed by atoms with E-state index in [1.165, 1.54) is 73.3 Å². The van der Waals surface area contributed by atoms with Crippen LogP contribution in [0.3, 0.4) is 0 Å². The van der Waals surface area contributed by atoms with Gasteiger partial charge >= 0.3 is 0 Å². The molecule has 33 heavy (non-hydrogen) atoms. The number of hydrogen-bond acceptors (Lipinski definition) is 3. The van der Waals surface area contributed by atoms with E-state index in [0.717, 1.165) is 6.42 Å². The number of halogens is 1. The highest BCUT2D eigenvalue weighted by Crippen LogP contribution is 2.44. The van der Waals surface area contributed by atoms with Crippen molar-refractivity contribution in [1.29, 1.82) is 0 Å². The Morgan fingerprint density at radius 3 is 2.33 bits per heavy atom. The molecule has 3 aliphatic carbocycles. The van der Waals surface area contributed by atoms with Crippen LogP contribution in [0.25, 0.3) is 10.8 Å². The van der Waals surface area contributed by atoms with E-state index in [1.54, 1.807) is 11.1 Å². The number of benzene rings is 2. The SMILES string of the molecule is ClC1NC(C2=CC=C(C3CCCC4=C3CCCC4)CC2)NC(c2ccc3ccccc3c2)N1. The first-order valence-electron chi connectivity index (χ1n) is 12.8. The topological polar surface area (TPSA) is 36.1 Å². The molecule has 1 fully saturated rings. The second kappa shape index (κ2) is 9.38. The van der Waals surface area contributed by atoms with E-state index >= 15 is 0 Å². The standard InChI is InChI=1S/C29H34ClN3/c30-29-32-27(31-28(33-29)24-17-12-19-6-1-2-8-23(19)18-24)22-15-13-21(14-16-22)26-11-5-9-20-7-3-4-10-25(20)26/h1-2,6,8,12-13,15,17-18,26-29,31-33H,3-5,7,9-11,14,16H2. The predicted molar refractivity (Wildman–Crippen MR) is 138 cm³/mol. The highest BCUT2D eigenvalue weighted by Gasteiger charge is 2.31. The van der Waals surface area contributed by atoms with Gasteiger partial charge in [0, 0.05) is 5.92 Å². The number of rotatable bonds is 3. The van der Waals surface area contributed by atoms with Crippen molar-refractivity contribution in [1.82, 2.24) is 16.0 Å². The van der Waals surface area contributed by atoms with Crippen LogP contribution in [0.4, 0.5) is 0 Å². The lowest BCUT2D eigenvalue weighted by Crippen LogP contribution is -2.62. The van der Waals surface area contributed by atoms with E-state index in [-0.39, 0.29) is 18.0 Å². The molecule has 0 bridgehead atoms. The zero-order chi connectivity index (χ0) is 22.2. The maximum Gasteiger partial charge on any atom is 0.138 e. The maximum atomic E-state index is 6.61. The van der Waals surface area contributed by atoms with Crippen LogP contribution in [0.2, 0.25) is 0 Å². The van der Waals surface area contributed by atoms with Gasteiger partial charge < -0.3 is 0 Å². The molecule has 2 aromatic carbocycles. The minimum atomic E-state index is -0.271. The molecule has 172 valence electrons. The number of allylic oxidation sites excluding steroid dienone is 5. The summed E-state index contributed by atoms with van der Waals surface area (Å²) in [6, 6.07) is 15.2. The van der Waals surface area contributed by atoms with Crippen LogP contribution < -0.4 is 16.0 Å². The zero-order valence-electron chi connectivity index (χ0n) is 19.2. The molecule has 1 saturated heterocycles. The first-order chi connectivity index (χ1) is 16.2. The number of fused-ring (bicyclic) bond motifs is 1. The lowest BCUT2D eigenvalue weighted by molar-refractivity contribution is 0.263. The fraction of sp³-hybridized carbons (Fsp3) is 0.448. The van der Waals surface area contributed by atoms with Gasteiger partial charge in [-0.15, -0.1) is 0 Å². The van der Waals surface area contributed by atoms with Crippen molar-refractivity contribution >= 4 is 22.4 Å². The van der Waals surface area contributed by atoms with E-state index in [0.29, 0.717) is 5.92 Å². The molecule has 0 radical (unpaired) electrons. The minimum Gasteiger partial charge on any atom is -0.279 e. The van der Waals surface area contributed by atoms with Gasteiger partial charge in [0.2, 0.25) is 0 Å². The average Bonchev–Trinajstić information content (AvgIpc) is 2.88. The lowest BCUT2D eigenvalue weighted by atomic mass is 9.71. The van der Waals surface area contributed by atoms with Crippen LogP contribution in [0.15, 0.2) is 76.9 Å². The van der Waals surface area contributed by atoms with Crippen LogP contribution in [-0.4, -0.2) is 11.8 Å². The quantitative estimate of drug-likeness (QED) is 0.269. The van der Waals surface area contributed by atoms with Gasteiger partial charge in [0.1, 0.15) is 5.62 Å². The monoisotopic (exact) mass is 459 g/mol. The zero-order valence-corrected chi connectivity index (χ0v) is 20.0. The molecular formula is C29H34ClN3. The van der Waals surface area contributed by atoms with Gasteiger partial charge in [-0.3, -0.25) is 16.0 Å². The predicted octanol–water partition coefficient (Wildman–Crippen LogP) is 6.79. The van der Waals surface area contributed by atoms with Crippen molar-refractivity contribution in [2.75, 3.05) is 0 Å². The van der Waals surface area contributed by atoms with Gasteiger partial charge in [0.25, 0.3) is 0 Å². The summed E-state index contributed by atoms with van der Waals surface area (Å²) < 4.78 is 0. The normalized spacial score (nSPS) is 30.6. The minimum absolute atomic E-state index is 0.0166. The molecule has 0 saturated carbocycles. The van der Waals surface area contributed by atoms with Gasteiger partial charge in [-0.05, 0) is 85.8 Å². The number of nitrogens with one attached hydrogen (secondary N) is 3. The van der Waals surface area contributed by atoms with E-state index in [2.05, 4.69) is 70.6 Å². The molecule has 4 atom stereocenters. The molecule has 3 nitrogen and oxygen atoms in total. The molecule has 3 N–H and O–H groups in total.